The van der Waals surface area contributed by atoms with Gasteiger partial charge in [-0.3, -0.25) is 0 Å². The summed E-state index contributed by atoms with van der Waals surface area (Å²) >= 11 is 0. The van der Waals surface area contributed by atoms with Gasteiger partial charge in [-0.15, -0.1) is 0 Å². The van der Waals surface area contributed by atoms with Gasteiger partial charge in [0.2, 0.25) is 0 Å². The Morgan fingerprint density at radius 2 is 1.19 bits per heavy atom. The molecule has 1 N–H and O–H groups in total. The van der Waals surface area contributed by atoms with Gasteiger partial charge in [-0.25, -0.2) is 0 Å². The molecule has 3 rings (SSSR count). The van der Waals surface area contributed by atoms with Crippen LogP contribution < -0.4 is 5.73 Å². The van der Waals surface area contributed by atoms with Crippen LogP contribution in [-0.4, -0.2) is 0 Å². The van der Waals surface area contributed by atoms with E-state index >= 15 is 0 Å². The fraction of sp³-hybridized carbons (Fsp3) is 0.100. The number of hydrogen-bond acceptors (Lipinski definition) is 0. The third-order valence-corrected chi connectivity index (χ3v) is 3.70. The van der Waals surface area contributed by atoms with E-state index in [1.165, 1.54) is 16.7 Å². The standard InChI is InChI=1S/C20H18N/c1-15-12-18(14-19(21)13-15)20(16-8-4-2-5-9-16)17-10-6-3-7-11-17/h2-14,20-21H,1H3. The van der Waals surface area contributed by atoms with Crippen LogP contribution >= 0.6 is 0 Å². The van der Waals surface area contributed by atoms with E-state index in [4.69, 9.17) is 5.73 Å². The summed E-state index contributed by atoms with van der Waals surface area (Å²) < 4.78 is 0. The van der Waals surface area contributed by atoms with E-state index in [9.17, 15) is 0 Å². The van der Waals surface area contributed by atoms with Gasteiger partial charge in [-0.1, -0.05) is 66.7 Å². The molecule has 0 aromatic heterocycles. The summed E-state index contributed by atoms with van der Waals surface area (Å²) in [6, 6.07) is 27.0. The van der Waals surface area contributed by atoms with Crippen molar-refractivity contribution >= 4 is 5.69 Å². The van der Waals surface area contributed by atoms with Gasteiger partial charge in [0, 0.05) is 5.92 Å². The first-order valence-electron chi connectivity index (χ1n) is 7.17. The van der Waals surface area contributed by atoms with Crippen molar-refractivity contribution in [1.82, 2.24) is 5.73 Å². The maximum absolute atomic E-state index is 7.99. The molecule has 0 saturated heterocycles. The van der Waals surface area contributed by atoms with Gasteiger partial charge in [0.25, 0.3) is 0 Å². The second-order valence-corrected chi connectivity index (χ2v) is 5.39. The molecule has 0 saturated carbocycles. The van der Waals surface area contributed by atoms with Gasteiger partial charge in [-0.05, 0) is 41.3 Å². The van der Waals surface area contributed by atoms with Gasteiger partial charge in [0.1, 0.15) is 0 Å². The summed E-state index contributed by atoms with van der Waals surface area (Å²) in [5.41, 5.74) is 13.4. The minimum Gasteiger partial charge on any atom is -0.301 e. The Morgan fingerprint density at radius 3 is 1.67 bits per heavy atom. The fourth-order valence-electron chi connectivity index (χ4n) is 2.85. The second-order valence-electron chi connectivity index (χ2n) is 5.39. The maximum atomic E-state index is 7.99. The zero-order chi connectivity index (χ0) is 14.7. The Morgan fingerprint density at radius 1 is 0.667 bits per heavy atom. The fourth-order valence-corrected chi connectivity index (χ4v) is 2.85. The predicted octanol–water partition coefficient (Wildman–Crippen LogP) is 5.09. The SMILES string of the molecule is Cc1cc([NH])cc(C(c2ccccc2)c2ccccc2)c1. The zero-order valence-corrected chi connectivity index (χ0v) is 12.1. The summed E-state index contributed by atoms with van der Waals surface area (Å²) in [6.45, 7) is 2.05. The van der Waals surface area contributed by atoms with Crippen LogP contribution in [0.5, 0.6) is 0 Å². The van der Waals surface area contributed by atoms with Crippen molar-refractivity contribution in [3.8, 4) is 0 Å². The Labute approximate surface area is 126 Å². The Hall–Kier alpha value is -2.54. The Balaban J connectivity index is 2.17. The normalized spacial score (nSPS) is 10.8. The van der Waals surface area contributed by atoms with Gasteiger partial charge in [0.05, 0.1) is 5.69 Å². The van der Waals surface area contributed by atoms with E-state index in [2.05, 4.69) is 61.5 Å². The first-order valence-corrected chi connectivity index (χ1v) is 7.17. The molecular weight excluding hydrogens is 254 g/mol. The van der Waals surface area contributed by atoms with Crippen molar-refractivity contribution in [2.24, 2.45) is 0 Å². The molecule has 21 heavy (non-hydrogen) atoms. The van der Waals surface area contributed by atoms with E-state index in [-0.39, 0.29) is 5.92 Å². The van der Waals surface area contributed by atoms with Crippen LogP contribution in [0.15, 0.2) is 78.9 Å². The van der Waals surface area contributed by atoms with E-state index in [1.54, 1.807) is 0 Å². The highest BCUT2D eigenvalue weighted by molar-refractivity contribution is 5.49. The molecular formula is C20H18N. The largest absolute Gasteiger partial charge is 0.301 e. The van der Waals surface area contributed by atoms with E-state index in [0.29, 0.717) is 5.69 Å². The number of hydrogen-bond donors (Lipinski definition) is 0. The van der Waals surface area contributed by atoms with E-state index < -0.39 is 0 Å². The average Bonchev–Trinajstić information content (AvgIpc) is 2.49. The van der Waals surface area contributed by atoms with E-state index in [1.807, 2.05) is 24.3 Å². The first-order chi connectivity index (χ1) is 10.2. The van der Waals surface area contributed by atoms with Gasteiger partial charge < -0.3 is 5.73 Å². The van der Waals surface area contributed by atoms with Crippen LogP contribution in [0.4, 0.5) is 5.69 Å². The van der Waals surface area contributed by atoms with Gasteiger partial charge in [-0.2, -0.15) is 0 Å². The monoisotopic (exact) mass is 272 g/mol. The van der Waals surface area contributed by atoms with Crippen molar-refractivity contribution in [3.63, 3.8) is 0 Å². The van der Waals surface area contributed by atoms with Gasteiger partial charge >= 0.3 is 0 Å². The number of rotatable bonds is 3. The molecule has 0 amide bonds. The topological polar surface area (TPSA) is 23.8 Å². The predicted molar refractivity (Wildman–Crippen MR) is 87.8 cm³/mol. The summed E-state index contributed by atoms with van der Waals surface area (Å²) in [5, 5.41) is 0. The van der Waals surface area contributed by atoms with Crippen LogP contribution in [0.3, 0.4) is 0 Å². The molecule has 3 aromatic carbocycles. The van der Waals surface area contributed by atoms with Crippen LogP contribution in [-0.2, 0) is 0 Å². The lowest BCUT2D eigenvalue weighted by Crippen LogP contribution is -2.03. The highest BCUT2D eigenvalue weighted by Gasteiger charge is 2.16. The number of aryl methyl sites for hydroxylation is 1. The van der Waals surface area contributed by atoms with Crippen molar-refractivity contribution in [3.05, 3.63) is 101 Å². The summed E-state index contributed by atoms with van der Waals surface area (Å²) in [4.78, 5) is 0. The highest BCUT2D eigenvalue weighted by Crippen LogP contribution is 2.33. The lowest BCUT2D eigenvalue weighted by Gasteiger charge is -2.19. The van der Waals surface area contributed by atoms with Crippen molar-refractivity contribution < 1.29 is 0 Å². The number of nitrogens with one attached hydrogen (secondary N) is 1. The molecule has 1 nitrogen and oxygen atoms in total. The lowest BCUT2D eigenvalue weighted by molar-refractivity contribution is 0.974. The smallest absolute Gasteiger partial charge is 0.0545 e. The lowest BCUT2D eigenvalue weighted by atomic mass is 9.84. The molecule has 0 unspecified atom stereocenters. The Bertz CT molecular complexity index is 658. The molecule has 0 bridgehead atoms. The minimum atomic E-state index is 0.177. The van der Waals surface area contributed by atoms with Crippen LogP contribution in [0, 0.1) is 6.92 Å². The first kappa shape index (κ1) is 13.4. The van der Waals surface area contributed by atoms with E-state index in [0.717, 1.165) is 5.56 Å². The molecule has 103 valence electrons. The van der Waals surface area contributed by atoms with Gasteiger partial charge in [0.15, 0.2) is 0 Å². The van der Waals surface area contributed by atoms with Crippen molar-refractivity contribution in [1.29, 1.82) is 0 Å². The van der Waals surface area contributed by atoms with Crippen LogP contribution in [0.25, 0.3) is 0 Å². The second kappa shape index (κ2) is 5.84. The third-order valence-electron chi connectivity index (χ3n) is 3.70. The average molecular weight is 272 g/mol. The Kier molecular flexibility index (Phi) is 3.74. The number of benzene rings is 3. The summed E-state index contributed by atoms with van der Waals surface area (Å²) in [7, 11) is 0. The molecule has 0 aliphatic rings. The van der Waals surface area contributed by atoms with Crippen LogP contribution in [0.1, 0.15) is 28.2 Å². The summed E-state index contributed by atoms with van der Waals surface area (Å²) in [6.07, 6.45) is 0. The molecule has 0 atom stereocenters. The molecule has 0 heterocycles. The maximum Gasteiger partial charge on any atom is 0.0545 e. The molecule has 1 radical (unpaired) electrons. The molecule has 0 spiro atoms. The molecule has 0 aliphatic carbocycles. The third kappa shape index (κ3) is 2.97. The quantitative estimate of drug-likeness (QED) is 0.593. The molecule has 0 fully saturated rings. The molecule has 3 aromatic rings. The highest BCUT2D eigenvalue weighted by atomic mass is 14.5. The van der Waals surface area contributed by atoms with Crippen molar-refractivity contribution in [2.45, 2.75) is 12.8 Å². The zero-order valence-electron chi connectivity index (χ0n) is 12.1. The molecule has 1 heteroatoms. The van der Waals surface area contributed by atoms with Crippen LogP contribution in [0.2, 0.25) is 0 Å². The molecule has 0 aliphatic heterocycles. The van der Waals surface area contributed by atoms with Crippen molar-refractivity contribution in [2.75, 3.05) is 0 Å². The summed E-state index contributed by atoms with van der Waals surface area (Å²) in [5.74, 6) is 0.177. The minimum absolute atomic E-state index is 0.177.